The molecule has 3 aromatic carbocycles. The van der Waals surface area contributed by atoms with Crippen LogP contribution in [0.5, 0.6) is 11.5 Å². The highest BCUT2D eigenvalue weighted by Crippen LogP contribution is 2.32. The molecule has 0 fully saturated rings. The molecular weight excluding hydrogens is 441 g/mol. The molecule has 1 heterocycles. The Labute approximate surface area is 195 Å². The molecule has 0 amide bonds. The van der Waals surface area contributed by atoms with Crippen LogP contribution < -0.4 is 9.47 Å². The molecule has 0 saturated heterocycles. The Hall–Kier alpha value is -3.65. The van der Waals surface area contributed by atoms with Gasteiger partial charge in [-0.3, -0.25) is 9.36 Å². The number of benzene rings is 3. The number of nitrogens with zero attached hydrogens (tertiary/aromatic N) is 3. The first-order valence-electron chi connectivity index (χ1n) is 10.3. The third-order valence-corrected chi connectivity index (χ3v) is 5.84. The van der Waals surface area contributed by atoms with Crippen molar-refractivity contribution in [2.24, 2.45) is 0 Å². The molecule has 0 spiro atoms. The molecule has 168 valence electrons. The van der Waals surface area contributed by atoms with Crippen molar-refractivity contribution >= 4 is 17.5 Å². The molecule has 0 N–H and O–H groups in total. The fraction of sp³-hybridized carbons (Fsp3) is 0.160. The van der Waals surface area contributed by atoms with Crippen LogP contribution in [0.2, 0.25) is 0 Å². The van der Waals surface area contributed by atoms with E-state index < -0.39 is 6.10 Å². The highest BCUT2D eigenvalue weighted by molar-refractivity contribution is 7.99. The van der Waals surface area contributed by atoms with E-state index in [9.17, 15) is 9.18 Å². The van der Waals surface area contributed by atoms with Crippen molar-refractivity contribution in [3.63, 3.8) is 0 Å². The van der Waals surface area contributed by atoms with E-state index in [4.69, 9.17) is 9.47 Å². The van der Waals surface area contributed by atoms with Gasteiger partial charge in [-0.15, -0.1) is 10.2 Å². The van der Waals surface area contributed by atoms with Gasteiger partial charge in [0.25, 0.3) is 0 Å². The summed E-state index contributed by atoms with van der Waals surface area (Å²) in [5.41, 5.74) is 1.30. The van der Waals surface area contributed by atoms with Crippen LogP contribution in [0.1, 0.15) is 29.2 Å². The third kappa shape index (κ3) is 5.23. The summed E-state index contributed by atoms with van der Waals surface area (Å²) in [6, 6.07) is 22.6. The predicted molar refractivity (Wildman–Crippen MR) is 125 cm³/mol. The second-order valence-corrected chi connectivity index (χ2v) is 8.08. The lowest BCUT2D eigenvalue weighted by Crippen LogP contribution is -2.12. The van der Waals surface area contributed by atoms with Gasteiger partial charge < -0.3 is 9.47 Å². The van der Waals surface area contributed by atoms with Crippen molar-refractivity contribution in [3.05, 3.63) is 96.1 Å². The molecule has 4 aromatic rings. The van der Waals surface area contributed by atoms with Crippen LogP contribution in [0.3, 0.4) is 0 Å². The lowest BCUT2D eigenvalue weighted by molar-refractivity contribution is 0.102. The number of halogens is 1. The van der Waals surface area contributed by atoms with Gasteiger partial charge in [0.15, 0.2) is 34.4 Å². The van der Waals surface area contributed by atoms with Crippen LogP contribution in [-0.2, 0) is 0 Å². The summed E-state index contributed by atoms with van der Waals surface area (Å²) in [7, 11) is 1.59. The van der Waals surface area contributed by atoms with Crippen molar-refractivity contribution < 1.29 is 18.7 Å². The number of carbonyl (C=O) groups is 1. The van der Waals surface area contributed by atoms with Crippen molar-refractivity contribution in [2.75, 3.05) is 12.9 Å². The first-order valence-corrected chi connectivity index (χ1v) is 11.3. The maximum atomic E-state index is 13.2. The van der Waals surface area contributed by atoms with Gasteiger partial charge in [0.05, 0.1) is 12.9 Å². The van der Waals surface area contributed by atoms with Gasteiger partial charge in [-0.05, 0) is 55.5 Å². The average molecular weight is 464 g/mol. The quantitative estimate of drug-likeness (QED) is 0.240. The molecule has 0 aliphatic carbocycles. The standard InChI is InChI=1S/C25H22FN3O3S/c1-17(32-23-11-7-6-10-22(23)31-2)24-27-28-25(29(24)20-8-4-3-5-9-20)33-16-21(30)18-12-14-19(26)15-13-18/h3-15,17H,16H2,1-2H3. The first kappa shape index (κ1) is 22.5. The summed E-state index contributed by atoms with van der Waals surface area (Å²) < 4.78 is 26.6. The van der Waals surface area contributed by atoms with E-state index >= 15 is 0 Å². The van der Waals surface area contributed by atoms with Gasteiger partial charge in [0, 0.05) is 11.3 Å². The Morgan fingerprint density at radius 1 is 0.970 bits per heavy atom. The molecule has 33 heavy (non-hydrogen) atoms. The van der Waals surface area contributed by atoms with Crippen molar-refractivity contribution in [1.29, 1.82) is 0 Å². The Bertz CT molecular complexity index is 1230. The second-order valence-electron chi connectivity index (χ2n) is 7.14. The zero-order chi connectivity index (χ0) is 23.2. The van der Waals surface area contributed by atoms with Gasteiger partial charge in [0.1, 0.15) is 5.82 Å². The number of aromatic nitrogens is 3. The summed E-state index contributed by atoms with van der Waals surface area (Å²) in [5, 5.41) is 9.26. The maximum absolute atomic E-state index is 13.2. The summed E-state index contributed by atoms with van der Waals surface area (Å²) in [4.78, 5) is 12.6. The molecule has 0 radical (unpaired) electrons. The molecular formula is C25H22FN3O3S. The van der Waals surface area contributed by atoms with Crippen LogP contribution in [0.4, 0.5) is 4.39 Å². The van der Waals surface area contributed by atoms with Crippen molar-refractivity contribution in [2.45, 2.75) is 18.2 Å². The third-order valence-electron chi connectivity index (χ3n) is 4.91. The van der Waals surface area contributed by atoms with Crippen LogP contribution in [0.25, 0.3) is 5.69 Å². The Morgan fingerprint density at radius 2 is 1.64 bits per heavy atom. The van der Waals surface area contributed by atoms with E-state index in [-0.39, 0.29) is 17.4 Å². The minimum Gasteiger partial charge on any atom is -0.493 e. The van der Waals surface area contributed by atoms with E-state index in [1.165, 1.54) is 36.0 Å². The number of methoxy groups -OCH3 is 1. The van der Waals surface area contributed by atoms with E-state index in [1.807, 2.05) is 66.1 Å². The average Bonchev–Trinajstić information content (AvgIpc) is 3.28. The molecule has 1 unspecified atom stereocenters. The fourth-order valence-electron chi connectivity index (χ4n) is 3.27. The van der Waals surface area contributed by atoms with Crippen LogP contribution in [-0.4, -0.2) is 33.4 Å². The van der Waals surface area contributed by atoms with Gasteiger partial charge in [-0.1, -0.05) is 42.1 Å². The molecule has 8 heteroatoms. The largest absolute Gasteiger partial charge is 0.493 e. The SMILES string of the molecule is COc1ccccc1OC(C)c1nnc(SCC(=O)c2ccc(F)cc2)n1-c1ccccc1. The van der Waals surface area contributed by atoms with Gasteiger partial charge in [-0.25, -0.2) is 4.39 Å². The van der Waals surface area contributed by atoms with Crippen LogP contribution in [0.15, 0.2) is 84.0 Å². The predicted octanol–water partition coefficient (Wildman–Crippen LogP) is 5.53. The van der Waals surface area contributed by atoms with E-state index in [0.29, 0.717) is 28.0 Å². The summed E-state index contributed by atoms with van der Waals surface area (Å²) in [6.45, 7) is 1.88. The normalized spacial score (nSPS) is 11.7. The number of Topliss-reactive ketones (excluding diaryl/α,β-unsaturated/α-hetero) is 1. The number of para-hydroxylation sites is 3. The molecule has 0 saturated carbocycles. The second kappa shape index (κ2) is 10.3. The monoisotopic (exact) mass is 463 g/mol. The van der Waals surface area contributed by atoms with E-state index in [0.717, 1.165) is 5.69 Å². The minimum atomic E-state index is -0.448. The number of hydrogen-bond donors (Lipinski definition) is 0. The molecule has 0 bridgehead atoms. The van der Waals surface area contributed by atoms with Gasteiger partial charge in [0.2, 0.25) is 0 Å². The number of ether oxygens (including phenoxy) is 2. The first-order chi connectivity index (χ1) is 16.1. The van der Waals surface area contributed by atoms with Gasteiger partial charge >= 0.3 is 0 Å². The minimum absolute atomic E-state index is 0.123. The Morgan fingerprint density at radius 3 is 2.33 bits per heavy atom. The van der Waals surface area contributed by atoms with Crippen LogP contribution in [0, 0.1) is 5.82 Å². The van der Waals surface area contributed by atoms with Gasteiger partial charge in [-0.2, -0.15) is 0 Å². The van der Waals surface area contributed by atoms with Crippen molar-refractivity contribution in [3.8, 4) is 17.2 Å². The number of ketones is 1. The number of thioether (sulfide) groups is 1. The van der Waals surface area contributed by atoms with Crippen molar-refractivity contribution in [1.82, 2.24) is 14.8 Å². The molecule has 1 aromatic heterocycles. The zero-order valence-corrected chi connectivity index (χ0v) is 19.0. The Balaban J connectivity index is 1.60. The highest BCUT2D eigenvalue weighted by atomic mass is 32.2. The number of hydrogen-bond acceptors (Lipinski definition) is 6. The summed E-state index contributed by atoms with van der Waals surface area (Å²) in [5.74, 6) is 1.44. The molecule has 1 atom stereocenters. The lowest BCUT2D eigenvalue weighted by atomic mass is 10.1. The Kier molecular flexibility index (Phi) is 7.04. The van der Waals surface area contributed by atoms with E-state index in [1.54, 1.807) is 7.11 Å². The van der Waals surface area contributed by atoms with Crippen LogP contribution >= 0.6 is 11.8 Å². The molecule has 0 aliphatic heterocycles. The highest BCUT2D eigenvalue weighted by Gasteiger charge is 2.22. The zero-order valence-electron chi connectivity index (χ0n) is 18.1. The number of rotatable bonds is 9. The lowest BCUT2D eigenvalue weighted by Gasteiger charge is -2.18. The molecule has 0 aliphatic rings. The maximum Gasteiger partial charge on any atom is 0.196 e. The van der Waals surface area contributed by atoms with E-state index in [2.05, 4.69) is 10.2 Å². The summed E-state index contributed by atoms with van der Waals surface area (Å²) in [6.07, 6.45) is -0.448. The molecule has 6 nitrogen and oxygen atoms in total. The number of carbonyl (C=O) groups excluding carboxylic acids is 1. The fourth-order valence-corrected chi connectivity index (χ4v) is 4.12. The smallest absolute Gasteiger partial charge is 0.196 e. The summed E-state index contributed by atoms with van der Waals surface area (Å²) >= 11 is 1.27. The molecule has 4 rings (SSSR count). The topological polar surface area (TPSA) is 66.2 Å².